The summed E-state index contributed by atoms with van der Waals surface area (Å²) in [6.45, 7) is 2.79. The van der Waals surface area contributed by atoms with E-state index in [1.54, 1.807) is 6.07 Å². The summed E-state index contributed by atoms with van der Waals surface area (Å²) < 4.78 is 13.2. The summed E-state index contributed by atoms with van der Waals surface area (Å²) in [5, 5.41) is 3.86. The van der Waals surface area contributed by atoms with E-state index in [4.69, 9.17) is 11.6 Å². The van der Waals surface area contributed by atoms with Crippen LogP contribution < -0.4 is 5.32 Å². The van der Waals surface area contributed by atoms with E-state index < -0.39 is 0 Å². The van der Waals surface area contributed by atoms with Crippen LogP contribution in [0, 0.1) is 5.82 Å². The molecule has 1 N–H and O–H groups in total. The Morgan fingerprint density at radius 2 is 2.28 bits per heavy atom. The molecule has 0 amide bonds. The van der Waals surface area contributed by atoms with Crippen LogP contribution >= 0.6 is 24.0 Å². The molecule has 1 unspecified atom stereocenters. The van der Waals surface area contributed by atoms with Gasteiger partial charge in [-0.05, 0) is 50.2 Å². The molecule has 1 fully saturated rings. The smallest absolute Gasteiger partial charge is 0.123 e. The number of halogens is 3. The molecule has 2 rings (SSSR count). The van der Waals surface area contributed by atoms with Crippen molar-refractivity contribution < 1.29 is 4.39 Å². The van der Waals surface area contributed by atoms with Crippen LogP contribution in [0.15, 0.2) is 18.2 Å². The maximum atomic E-state index is 13.2. The molecule has 5 heteroatoms. The van der Waals surface area contributed by atoms with E-state index in [1.165, 1.54) is 25.0 Å². The zero-order valence-corrected chi connectivity index (χ0v) is 12.0. The Labute approximate surface area is 119 Å². The SMILES string of the molecule is CNCC1CCCN1Cc1cc(F)ccc1Cl.Cl. The minimum atomic E-state index is -0.214. The van der Waals surface area contributed by atoms with Gasteiger partial charge in [0.05, 0.1) is 0 Å². The minimum absolute atomic E-state index is 0. The second-order valence-electron chi connectivity index (χ2n) is 4.56. The zero-order valence-electron chi connectivity index (χ0n) is 10.5. The van der Waals surface area contributed by atoms with E-state index in [-0.39, 0.29) is 18.2 Å². The molecule has 1 aromatic rings. The van der Waals surface area contributed by atoms with Gasteiger partial charge in [-0.3, -0.25) is 4.90 Å². The van der Waals surface area contributed by atoms with E-state index in [0.29, 0.717) is 11.1 Å². The first kappa shape index (κ1) is 15.7. The van der Waals surface area contributed by atoms with E-state index in [9.17, 15) is 4.39 Å². The minimum Gasteiger partial charge on any atom is -0.318 e. The number of hydrogen-bond donors (Lipinski definition) is 1. The van der Waals surface area contributed by atoms with Crippen LogP contribution in [0.25, 0.3) is 0 Å². The van der Waals surface area contributed by atoms with Crippen LogP contribution in [0.5, 0.6) is 0 Å². The highest BCUT2D eigenvalue weighted by Crippen LogP contribution is 2.24. The summed E-state index contributed by atoms with van der Waals surface area (Å²) in [7, 11) is 1.96. The van der Waals surface area contributed by atoms with Crippen molar-refractivity contribution in [3.63, 3.8) is 0 Å². The molecule has 1 saturated heterocycles. The Balaban J connectivity index is 0.00000162. The topological polar surface area (TPSA) is 15.3 Å². The maximum Gasteiger partial charge on any atom is 0.123 e. The molecule has 1 aliphatic heterocycles. The van der Waals surface area contributed by atoms with Gasteiger partial charge in [0.2, 0.25) is 0 Å². The van der Waals surface area contributed by atoms with Crippen molar-refractivity contribution in [3.8, 4) is 0 Å². The van der Waals surface area contributed by atoms with E-state index in [0.717, 1.165) is 25.2 Å². The number of likely N-dealkylation sites (N-methyl/N-ethyl adjacent to an activating group) is 1. The monoisotopic (exact) mass is 292 g/mol. The molecule has 1 aliphatic rings. The lowest BCUT2D eigenvalue weighted by Crippen LogP contribution is -2.36. The first-order chi connectivity index (χ1) is 8.20. The normalized spacial score (nSPS) is 19.8. The standard InChI is InChI=1S/C13H18ClFN2.ClH/c1-16-8-12-3-2-6-17(12)9-10-7-11(15)4-5-13(10)14;/h4-5,7,12,16H,2-3,6,8-9H2,1H3;1H. The second kappa shape index (κ2) is 7.29. The zero-order chi connectivity index (χ0) is 12.3. The summed E-state index contributed by atoms with van der Waals surface area (Å²) in [6.07, 6.45) is 2.41. The molecule has 102 valence electrons. The Morgan fingerprint density at radius 1 is 1.50 bits per heavy atom. The lowest BCUT2D eigenvalue weighted by atomic mass is 10.1. The molecule has 0 bridgehead atoms. The van der Waals surface area contributed by atoms with Crippen LogP contribution in [0.3, 0.4) is 0 Å². The van der Waals surface area contributed by atoms with E-state index in [2.05, 4.69) is 10.2 Å². The van der Waals surface area contributed by atoms with Crippen molar-refractivity contribution in [1.29, 1.82) is 0 Å². The highest BCUT2D eigenvalue weighted by molar-refractivity contribution is 6.31. The fourth-order valence-electron chi connectivity index (χ4n) is 2.45. The average molecular weight is 293 g/mol. The van der Waals surface area contributed by atoms with Gasteiger partial charge in [0.1, 0.15) is 5.82 Å². The number of hydrogen-bond acceptors (Lipinski definition) is 2. The van der Waals surface area contributed by atoms with Crippen molar-refractivity contribution >= 4 is 24.0 Å². The number of benzene rings is 1. The number of nitrogens with zero attached hydrogens (tertiary/aromatic N) is 1. The quantitative estimate of drug-likeness (QED) is 0.917. The van der Waals surface area contributed by atoms with Gasteiger partial charge in [-0.2, -0.15) is 0 Å². The number of likely N-dealkylation sites (tertiary alicyclic amines) is 1. The number of rotatable bonds is 4. The van der Waals surface area contributed by atoms with Gasteiger partial charge in [0.15, 0.2) is 0 Å². The molecule has 0 radical (unpaired) electrons. The predicted molar refractivity (Wildman–Crippen MR) is 76.0 cm³/mol. The highest BCUT2D eigenvalue weighted by atomic mass is 35.5. The molecular formula is C13H19Cl2FN2. The third-order valence-electron chi connectivity index (χ3n) is 3.32. The van der Waals surface area contributed by atoms with Crippen molar-refractivity contribution in [3.05, 3.63) is 34.6 Å². The van der Waals surface area contributed by atoms with Crippen molar-refractivity contribution in [2.45, 2.75) is 25.4 Å². The van der Waals surface area contributed by atoms with Gasteiger partial charge in [-0.15, -0.1) is 12.4 Å². The van der Waals surface area contributed by atoms with Crippen molar-refractivity contribution in [2.75, 3.05) is 20.1 Å². The van der Waals surface area contributed by atoms with Crippen LogP contribution in [-0.2, 0) is 6.54 Å². The van der Waals surface area contributed by atoms with Crippen molar-refractivity contribution in [2.24, 2.45) is 0 Å². The fraction of sp³-hybridized carbons (Fsp3) is 0.538. The summed E-state index contributed by atoms with van der Waals surface area (Å²) in [5.41, 5.74) is 0.884. The van der Waals surface area contributed by atoms with Crippen LogP contribution in [0.4, 0.5) is 4.39 Å². The molecule has 0 aliphatic carbocycles. The highest BCUT2D eigenvalue weighted by Gasteiger charge is 2.24. The van der Waals surface area contributed by atoms with Gasteiger partial charge in [0.25, 0.3) is 0 Å². The van der Waals surface area contributed by atoms with Gasteiger partial charge >= 0.3 is 0 Å². The number of nitrogens with one attached hydrogen (secondary N) is 1. The Morgan fingerprint density at radius 3 is 3.00 bits per heavy atom. The molecule has 2 nitrogen and oxygen atoms in total. The largest absolute Gasteiger partial charge is 0.318 e. The van der Waals surface area contributed by atoms with Gasteiger partial charge < -0.3 is 5.32 Å². The molecule has 18 heavy (non-hydrogen) atoms. The summed E-state index contributed by atoms with van der Waals surface area (Å²) in [5.74, 6) is -0.214. The first-order valence-electron chi connectivity index (χ1n) is 6.03. The predicted octanol–water partition coefficient (Wildman–Crippen LogP) is 3.08. The van der Waals surface area contributed by atoms with Gasteiger partial charge in [-0.25, -0.2) is 4.39 Å². The van der Waals surface area contributed by atoms with Gasteiger partial charge in [-0.1, -0.05) is 11.6 Å². The van der Waals surface area contributed by atoms with Gasteiger partial charge in [0, 0.05) is 24.2 Å². The lowest BCUT2D eigenvalue weighted by Gasteiger charge is -2.24. The first-order valence-corrected chi connectivity index (χ1v) is 6.41. The van der Waals surface area contributed by atoms with E-state index in [1.807, 2.05) is 7.05 Å². The van der Waals surface area contributed by atoms with Crippen molar-refractivity contribution in [1.82, 2.24) is 10.2 Å². The molecule has 0 spiro atoms. The summed E-state index contributed by atoms with van der Waals surface area (Å²) >= 11 is 6.09. The average Bonchev–Trinajstić information content (AvgIpc) is 2.72. The fourth-order valence-corrected chi connectivity index (χ4v) is 2.63. The molecule has 1 aromatic carbocycles. The summed E-state index contributed by atoms with van der Waals surface area (Å²) in [4.78, 5) is 2.37. The maximum absolute atomic E-state index is 13.2. The molecule has 0 saturated carbocycles. The Bertz CT molecular complexity index is 387. The third-order valence-corrected chi connectivity index (χ3v) is 3.69. The summed E-state index contributed by atoms with van der Waals surface area (Å²) in [6, 6.07) is 5.12. The molecule has 0 aromatic heterocycles. The second-order valence-corrected chi connectivity index (χ2v) is 4.97. The lowest BCUT2D eigenvalue weighted by molar-refractivity contribution is 0.242. The van der Waals surface area contributed by atoms with Crippen LogP contribution in [0.1, 0.15) is 18.4 Å². The molecule has 1 heterocycles. The molecule has 1 atom stereocenters. The third kappa shape index (κ3) is 3.82. The van der Waals surface area contributed by atoms with Crippen LogP contribution in [-0.4, -0.2) is 31.1 Å². The Hall–Kier alpha value is -0.350. The molecular weight excluding hydrogens is 274 g/mol. The Kier molecular flexibility index (Phi) is 6.36. The van der Waals surface area contributed by atoms with E-state index >= 15 is 0 Å². The van der Waals surface area contributed by atoms with Crippen LogP contribution in [0.2, 0.25) is 5.02 Å².